The van der Waals surface area contributed by atoms with Gasteiger partial charge in [-0.15, -0.1) is 0 Å². The molecule has 9 nitrogen and oxygen atoms in total. The lowest BCUT2D eigenvalue weighted by molar-refractivity contribution is 0.0646. The summed E-state index contributed by atoms with van der Waals surface area (Å²) in [7, 11) is 1.56. The number of pyridine rings is 1. The molecule has 1 fully saturated rings. The molecule has 4 heterocycles. The molecule has 4 rings (SSSR count). The van der Waals surface area contributed by atoms with Gasteiger partial charge in [-0.3, -0.25) is 10.00 Å². The molecule has 1 amide bonds. The van der Waals surface area contributed by atoms with E-state index < -0.39 is 6.09 Å². The van der Waals surface area contributed by atoms with Crippen LogP contribution in [-0.4, -0.2) is 63.9 Å². The van der Waals surface area contributed by atoms with Crippen LogP contribution < -0.4 is 4.90 Å². The largest absolute Gasteiger partial charge is 0.444 e. The first kappa shape index (κ1) is 17.0. The van der Waals surface area contributed by atoms with Crippen LogP contribution in [0, 0.1) is 11.3 Å². The van der Waals surface area contributed by atoms with Gasteiger partial charge in [0.2, 0.25) is 0 Å². The average Bonchev–Trinajstić information content (AvgIpc) is 3.17. The van der Waals surface area contributed by atoms with Gasteiger partial charge in [0.25, 0.3) is 0 Å². The Kier molecular flexibility index (Phi) is 4.46. The highest BCUT2D eigenvalue weighted by Gasteiger charge is 2.26. The minimum Gasteiger partial charge on any atom is -0.444 e. The Morgan fingerprint density at radius 2 is 2.37 bits per heavy atom. The molecular formula is C18H19N7O2. The number of nitrogens with zero attached hydrogens (tertiary/aromatic N) is 6. The lowest BCUT2D eigenvalue weighted by Gasteiger charge is -2.34. The summed E-state index contributed by atoms with van der Waals surface area (Å²) < 4.78 is 5.58. The monoisotopic (exact) mass is 365 g/mol. The Balaban J connectivity index is 1.61. The maximum atomic E-state index is 12.1. The number of hydrogen-bond acceptors (Lipinski definition) is 7. The summed E-state index contributed by atoms with van der Waals surface area (Å²) in [5, 5.41) is 19.0. The predicted molar refractivity (Wildman–Crippen MR) is 99.1 cm³/mol. The van der Waals surface area contributed by atoms with E-state index in [1.54, 1.807) is 25.6 Å². The number of aromatic amines is 1. The van der Waals surface area contributed by atoms with Crippen LogP contribution in [-0.2, 0) is 4.74 Å². The average molecular weight is 365 g/mol. The molecule has 0 bridgehead atoms. The van der Waals surface area contributed by atoms with E-state index in [-0.39, 0.29) is 12.6 Å². The number of ether oxygens (including phenoxy) is 1. The number of amides is 1. The van der Waals surface area contributed by atoms with E-state index in [1.807, 2.05) is 12.1 Å². The smallest absolute Gasteiger partial charge is 0.410 e. The van der Waals surface area contributed by atoms with E-state index in [9.17, 15) is 4.79 Å². The number of carbonyl (C=O) groups excluding carboxylic acids is 1. The minimum absolute atomic E-state index is 0.00522. The third-order valence-corrected chi connectivity index (χ3v) is 4.76. The third kappa shape index (κ3) is 3.21. The fraction of sp³-hybridized carbons (Fsp3) is 0.389. The van der Waals surface area contributed by atoms with E-state index in [4.69, 9.17) is 10.00 Å². The topological polar surface area (TPSA) is 111 Å². The van der Waals surface area contributed by atoms with Gasteiger partial charge in [0.05, 0.1) is 18.8 Å². The molecule has 0 spiro atoms. The summed E-state index contributed by atoms with van der Waals surface area (Å²) in [6.07, 6.45) is 6.21. The standard InChI is InChI=1S/C18H19N7O2/c1-24(8-5-19)18(26)27-13-3-2-7-25(11-13)17-15-12(10-22-23-17)9-21-16-14(15)4-6-20-16/h4,6,9-10,13,23H,2-3,7-8,11H2,1H3. The minimum atomic E-state index is -0.477. The van der Waals surface area contributed by atoms with Crippen LogP contribution in [0.3, 0.4) is 0 Å². The first-order chi connectivity index (χ1) is 13.2. The molecule has 1 unspecified atom stereocenters. The van der Waals surface area contributed by atoms with Gasteiger partial charge >= 0.3 is 6.09 Å². The molecule has 0 aromatic carbocycles. The molecule has 1 N–H and O–H groups in total. The van der Waals surface area contributed by atoms with E-state index >= 15 is 0 Å². The molecule has 0 aliphatic carbocycles. The zero-order chi connectivity index (χ0) is 18.8. The highest BCUT2D eigenvalue weighted by atomic mass is 16.6. The molecule has 3 aromatic rings. The highest BCUT2D eigenvalue weighted by molar-refractivity contribution is 6.09. The predicted octanol–water partition coefficient (Wildman–Crippen LogP) is 2.07. The number of rotatable bonds is 3. The van der Waals surface area contributed by atoms with Crippen molar-refractivity contribution < 1.29 is 9.53 Å². The van der Waals surface area contributed by atoms with E-state index in [1.165, 1.54) is 4.90 Å². The molecule has 138 valence electrons. The van der Waals surface area contributed by atoms with Gasteiger partial charge in [-0.2, -0.15) is 10.4 Å². The zero-order valence-electron chi connectivity index (χ0n) is 14.9. The number of carbonyl (C=O) groups is 1. The van der Waals surface area contributed by atoms with Crippen LogP contribution in [0.2, 0.25) is 0 Å². The Labute approximate surface area is 155 Å². The van der Waals surface area contributed by atoms with Gasteiger partial charge in [0.15, 0.2) is 5.65 Å². The summed E-state index contributed by atoms with van der Waals surface area (Å²) in [6, 6.07) is 3.89. The van der Waals surface area contributed by atoms with Crippen molar-refractivity contribution in [3.63, 3.8) is 0 Å². The summed E-state index contributed by atoms with van der Waals surface area (Å²) in [6.45, 7) is 1.39. The van der Waals surface area contributed by atoms with Crippen molar-refractivity contribution in [3.05, 3.63) is 24.7 Å². The number of nitrogens with one attached hydrogen (secondary N) is 1. The van der Waals surface area contributed by atoms with Crippen molar-refractivity contribution in [1.82, 2.24) is 25.1 Å². The zero-order valence-corrected chi connectivity index (χ0v) is 14.9. The van der Waals surface area contributed by atoms with Crippen LogP contribution in [0.1, 0.15) is 12.8 Å². The molecule has 1 aliphatic rings. The second-order valence-corrected chi connectivity index (χ2v) is 6.60. The van der Waals surface area contributed by atoms with Gasteiger partial charge in [0.1, 0.15) is 18.5 Å². The van der Waals surface area contributed by atoms with Gasteiger partial charge < -0.3 is 9.64 Å². The van der Waals surface area contributed by atoms with Gasteiger partial charge in [-0.1, -0.05) is 0 Å². The van der Waals surface area contributed by atoms with Crippen molar-refractivity contribution >= 4 is 33.7 Å². The molecule has 0 radical (unpaired) electrons. The summed E-state index contributed by atoms with van der Waals surface area (Å²) in [4.78, 5) is 24.2. The SMILES string of the molecule is CN(CC#N)C(=O)OC1CCCN(c2[nH]ncc3cnc4nccc4c23)C1. The molecule has 1 saturated heterocycles. The fourth-order valence-electron chi connectivity index (χ4n) is 3.43. The second-order valence-electron chi connectivity index (χ2n) is 6.60. The second kappa shape index (κ2) is 7.07. The summed E-state index contributed by atoms with van der Waals surface area (Å²) in [5.41, 5.74) is 0.696. The van der Waals surface area contributed by atoms with Crippen molar-refractivity contribution in [3.8, 4) is 6.07 Å². The van der Waals surface area contributed by atoms with Crippen LogP contribution >= 0.6 is 0 Å². The first-order valence-corrected chi connectivity index (χ1v) is 8.78. The molecule has 9 heteroatoms. The number of piperidine rings is 1. The van der Waals surface area contributed by atoms with Crippen LogP contribution in [0.15, 0.2) is 24.7 Å². The van der Waals surface area contributed by atoms with Crippen molar-refractivity contribution in [2.75, 3.05) is 31.6 Å². The van der Waals surface area contributed by atoms with E-state index in [2.05, 4.69) is 25.1 Å². The van der Waals surface area contributed by atoms with Crippen molar-refractivity contribution in [2.24, 2.45) is 0 Å². The summed E-state index contributed by atoms with van der Waals surface area (Å²) >= 11 is 0. The number of hydrogen-bond donors (Lipinski definition) is 1. The number of nitriles is 1. The molecule has 0 saturated carbocycles. The highest BCUT2D eigenvalue weighted by Crippen LogP contribution is 2.31. The molecule has 1 atom stereocenters. The molecule has 3 aromatic heterocycles. The van der Waals surface area contributed by atoms with Crippen molar-refractivity contribution in [2.45, 2.75) is 18.9 Å². The van der Waals surface area contributed by atoms with E-state index in [0.29, 0.717) is 12.2 Å². The van der Waals surface area contributed by atoms with Crippen LogP contribution in [0.25, 0.3) is 21.8 Å². The molecule has 1 aliphatic heterocycles. The molecular weight excluding hydrogens is 346 g/mol. The van der Waals surface area contributed by atoms with Gasteiger partial charge in [-0.25, -0.2) is 14.8 Å². The van der Waals surface area contributed by atoms with Crippen LogP contribution in [0.4, 0.5) is 10.6 Å². The summed E-state index contributed by atoms with van der Waals surface area (Å²) in [5.74, 6) is 0.874. The maximum Gasteiger partial charge on any atom is 0.410 e. The first-order valence-electron chi connectivity index (χ1n) is 8.78. The lowest BCUT2D eigenvalue weighted by Crippen LogP contribution is -2.43. The van der Waals surface area contributed by atoms with E-state index in [0.717, 1.165) is 41.4 Å². The fourth-order valence-corrected chi connectivity index (χ4v) is 3.43. The Morgan fingerprint density at radius 3 is 3.22 bits per heavy atom. The van der Waals surface area contributed by atoms with Gasteiger partial charge in [0, 0.05) is 42.1 Å². The Hall–Kier alpha value is -3.41. The maximum absolute atomic E-state index is 12.1. The molecule has 27 heavy (non-hydrogen) atoms. The third-order valence-electron chi connectivity index (χ3n) is 4.76. The number of aromatic nitrogens is 4. The van der Waals surface area contributed by atoms with Crippen LogP contribution in [0.5, 0.6) is 0 Å². The number of anilines is 1. The van der Waals surface area contributed by atoms with Crippen molar-refractivity contribution in [1.29, 1.82) is 5.26 Å². The number of fused-ring (bicyclic) bond motifs is 3. The van der Waals surface area contributed by atoms with Gasteiger partial charge in [-0.05, 0) is 18.9 Å². The Bertz CT molecular complexity index is 1030. The number of H-pyrrole nitrogens is 1. The Morgan fingerprint density at radius 1 is 1.48 bits per heavy atom. The lowest BCUT2D eigenvalue weighted by atomic mass is 10.1. The normalized spacial score (nSPS) is 17.0. The quantitative estimate of drug-likeness (QED) is 0.707.